The lowest BCUT2D eigenvalue weighted by molar-refractivity contribution is 0.0942. The van der Waals surface area contributed by atoms with Crippen LogP contribution < -0.4 is 11.1 Å². The SMILES string of the molecule is CCNC(=O)c1noc(-c2cc(C)sc2N)n1. The minimum Gasteiger partial charge on any atom is -0.390 e. The first kappa shape index (κ1) is 11.6. The molecule has 90 valence electrons. The van der Waals surface area contributed by atoms with Crippen molar-refractivity contribution in [3.8, 4) is 11.5 Å². The average Bonchev–Trinajstić information content (AvgIpc) is 2.85. The van der Waals surface area contributed by atoms with Crippen LogP contribution in [0.2, 0.25) is 0 Å². The van der Waals surface area contributed by atoms with Crippen molar-refractivity contribution in [3.05, 3.63) is 16.8 Å². The summed E-state index contributed by atoms with van der Waals surface area (Å²) in [6, 6.07) is 1.86. The maximum Gasteiger partial charge on any atom is 0.292 e. The number of carbonyl (C=O) groups is 1. The number of nitrogens with zero attached hydrogens (tertiary/aromatic N) is 2. The molecule has 0 fully saturated rings. The van der Waals surface area contributed by atoms with E-state index in [-0.39, 0.29) is 17.6 Å². The summed E-state index contributed by atoms with van der Waals surface area (Å²) in [6.07, 6.45) is 0. The smallest absolute Gasteiger partial charge is 0.292 e. The molecule has 0 spiro atoms. The van der Waals surface area contributed by atoms with Gasteiger partial charge < -0.3 is 15.6 Å². The number of nitrogen functional groups attached to an aromatic ring is 1. The van der Waals surface area contributed by atoms with Gasteiger partial charge in [-0.2, -0.15) is 4.98 Å². The van der Waals surface area contributed by atoms with Crippen LogP contribution in [0.5, 0.6) is 0 Å². The Morgan fingerprint density at radius 2 is 2.41 bits per heavy atom. The molecular weight excluding hydrogens is 240 g/mol. The number of rotatable bonds is 3. The number of amides is 1. The van der Waals surface area contributed by atoms with E-state index in [1.54, 1.807) is 0 Å². The molecule has 2 aromatic heterocycles. The van der Waals surface area contributed by atoms with Crippen LogP contribution in [-0.2, 0) is 0 Å². The molecule has 0 aromatic carbocycles. The van der Waals surface area contributed by atoms with Crippen molar-refractivity contribution in [2.75, 3.05) is 12.3 Å². The zero-order chi connectivity index (χ0) is 12.4. The zero-order valence-corrected chi connectivity index (χ0v) is 10.3. The molecule has 0 saturated carbocycles. The van der Waals surface area contributed by atoms with Crippen LogP contribution in [0.15, 0.2) is 10.6 Å². The molecule has 1 amide bonds. The van der Waals surface area contributed by atoms with Gasteiger partial charge in [0.2, 0.25) is 0 Å². The highest BCUT2D eigenvalue weighted by Gasteiger charge is 2.17. The van der Waals surface area contributed by atoms with E-state index in [1.807, 2.05) is 19.9 Å². The molecule has 2 rings (SSSR count). The lowest BCUT2D eigenvalue weighted by atomic mass is 10.3. The van der Waals surface area contributed by atoms with Crippen LogP contribution in [0.25, 0.3) is 11.5 Å². The Kier molecular flexibility index (Phi) is 3.10. The van der Waals surface area contributed by atoms with Crippen LogP contribution in [0.4, 0.5) is 5.00 Å². The Hall–Kier alpha value is -1.89. The predicted octanol–water partition coefficient (Wildman–Crippen LogP) is 1.44. The number of aromatic nitrogens is 2. The lowest BCUT2D eigenvalue weighted by Crippen LogP contribution is -2.23. The zero-order valence-electron chi connectivity index (χ0n) is 9.48. The molecule has 3 N–H and O–H groups in total. The van der Waals surface area contributed by atoms with Crippen molar-refractivity contribution < 1.29 is 9.32 Å². The van der Waals surface area contributed by atoms with Crippen molar-refractivity contribution >= 4 is 22.2 Å². The first-order chi connectivity index (χ1) is 8.11. The first-order valence-corrected chi connectivity index (χ1v) is 5.91. The van der Waals surface area contributed by atoms with Crippen LogP contribution >= 0.6 is 11.3 Å². The highest BCUT2D eigenvalue weighted by molar-refractivity contribution is 7.16. The fourth-order valence-electron chi connectivity index (χ4n) is 1.36. The van der Waals surface area contributed by atoms with Crippen molar-refractivity contribution in [1.82, 2.24) is 15.5 Å². The van der Waals surface area contributed by atoms with Gasteiger partial charge in [0.25, 0.3) is 17.6 Å². The molecular formula is C10H12N4O2S. The molecule has 2 heterocycles. The number of carbonyl (C=O) groups excluding carboxylic acids is 1. The third-order valence-corrected chi connectivity index (χ3v) is 2.96. The molecule has 0 aliphatic carbocycles. The fourth-order valence-corrected chi connectivity index (χ4v) is 2.14. The summed E-state index contributed by atoms with van der Waals surface area (Å²) in [4.78, 5) is 16.5. The van der Waals surface area contributed by atoms with Gasteiger partial charge in [-0.05, 0) is 19.9 Å². The van der Waals surface area contributed by atoms with E-state index in [1.165, 1.54) is 11.3 Å². The quantitative estimate of drug-likeness (QED) is 0.862. The van der Waals surface area contributed by atoms with E-state index < -0.39 is 0 Å². The molecule has 0 bridgehead atoms. The van der Waals surface area contributed by atoms with Crippen molar-refractivity contribution in [2.45, 2.75) is 13.8 Å². The fraction of sp³-hybridized carbons (Fsp3) is 0.300. The van der Waals surface area contributed by atoms with Crippen molar-refractivity contribution in [2.24, 2.45) is 0 Å². The second kappa shape index (κ2) is 4.54. The third kappa shape index (κ3) is 2.28. The molecule has 0 radical (unpaired) electrons. The topological polar surface area (TPSA) is 94.0 Å². The maximum atomic E-state index is 11.5. The molecule has 0 unspecified atom stereocenters. The van der Waals surface area contributed by atoms with E-state index in [2.05, 4.69) is 15.5 Å². The largest absolute Gasteiger partial charge is 0.390 e. The summed E-state index contributed by atoms with van der Waals surface area (Å²) >= 11 is 1.44. The second-order valence-electron chi connectivity index (χ2n) is 3.42. The third-order valence-electron chi connectivity index (χ3n) is 2.08. The number of aryl methyl sites for hydroxylation is 1. The molecule has 7 heteroatoms. The first-order valence-electron chi connectivity index (χ1n) is 5.10. The van der Waals surface area contributed by atoms with Crippen LogP contribution in [0, 0.1) is 6.92 Å². The van der Waals surface area contributed by atoms with Gasteiger partial charge in [0.05, 0.1) is 10.6 Å². The van der Waals surface area contributed by atoms with Gasteiger partial charge in [0, 0.05) is 11.4 Å². The monoisotopic (exact) mass is 252 g/mol. The van der Waals surface area contributed by atoms with Crippen LogP contribution in [0.1, 0.15) is 22.4 Å². The Balaban J connectivity index is 2.30. The van der Waals surface area contributed by atoms with Gasteiger partial charge >= 0.3 is 0 Å². The molecule has 0 atom stereocenters. The van der Waals surface area contributed by atoms with E-state index in [9.17, 15) is 4.79 Å². The second-order valence-corrected chi connectivity index (χ2v) is 4.71. The Bertz CT molecular complexity index is 546. The molecule has 2 aromatic rings. The summed E-state index contributed by atoms with van der Waals surface area (Å²) in [5.41, 5.74) is 6.48. The number of hydrogen-bond donors (Lipinski definition) is 2. The normalized spacial score (nSPS) is 10.5. The molecule has 0 saturated heterocycles. The Labute approximate surface area is 102 Å². The van der Waals surface area contributed by atoms with Crippen molar-refractivity contribution in [1.29, 1.82) is 0 Å². The van der Waals surface area contributed by atoms with Crippen molar-refractivity contribution in [3.63, 3.8) is 0 Å². The van der Waals surface area contributed by atoms with Gasteiger partial charge in [0.15, 0.2) is 0 Å². The van der Waals surface area contributed by atoms with E-state index >= 15 is 0 Å². The number of hydrogen-bond acceptors (Lipinski definition) is 6. The summed E-state index contributed by atoms with van der Waals surface area (Å²) in [5, 5.41) is 6.81. The van der Waals surface area contributed by atoms with E-state index in [0.29, 0.717) is 17.1 Å². The number of anilines is 1. The minimum atomic E-state index is -0.354. The molecule has 6 nitrogen and oxygen atoms in total. The standard InChI is InChI=1S/C10H12N4O2S/c1-3-12-9(15)8-13-10(16-14-8)6-4-5(2)17-7(6)11/h4H,3,11H2,1-2H3,(H,12,15). The van der Waals surface area contributed by atoms with Crippen LogP contribution in [-0.4, -0.2) is 22.6 Å². The highest BCUT2D eigenvalue weighted by Crippen LogP contribution is 2.32. The number of nitrogens with two attached hydrogens (primary N) is 1. The summed E-state index contributed by atoms with van der Waals surface area (Å²) in [6.45, 7) is 4.27. The lowest BCUT2D eigenvalue weighted by Gasteiger charge is -1.93. The Morgan fingerprint density at radius 1 is 1.65 bits per heavy atom. The van der Waals surface area contributed by atoms with Gasteiger partial charge in [0.1, 0.15) is 0 Å². The number of thiophene rings is 1. The summed E-state index contributed by atoms with van der Waals surface area (Å²) < 4.78 is 5.02. The maximum absolute atomic E-state index is 11.5. The Morgan fingerprint density at radius 3 is 3.00 bits per heavy atom. The molecule has 0 aliphatic rings. The van der Waals surface area contributed by atoms with E-state index in [4.69, 9.17) is 10.3 Å². The van der Waals surface area contributed by atoms with E-state index in [0.717, 1.165) is 4.88 Å². The molecule has 0 aliphatic heterocycles. The summed E-state index contributed by atoms with van der Waals surface area (Å²) in [5.74, 6) is -0.0637. The highest BCUT2D eigenvalue weighted by atomic mass is 32.1. The molecule has 17 heavy (non-hydrogen) atoms. The van der Waals surface area contributed by atoms with Gasteiger partial charge in [-0.25, -0.2) is 0 Å². The van der Waals surface area contributed by atoms with Crippen LogP contribution in [0.3, 0.4) is 0 Å². The minimum absolute atomic E-state index is 0.0186. The van der Waals surface area contributed by atoms with Gasteiger partial charge in [-0.3, -0.25) is 4.79 Å². The summed E-state index contributed by atoms with van der Waals surface area (Å²) in [7, 11) is 0. The van der Waals surface area contributed by atoms with Gasteiger partial charge in [-0.1, -0.05) is 5.16 Å². The number of nitrogens with one attached hydrogen (secondary N) is 1. The predicted molar refractivity (Wildman–Crippen MR) is 64.8 cm³/mol. The average molecular weight is 252 g/mol. The van der Waals surface area contributed by atoms with Gasteiger partial charge in [-0.15, -0.1) is 11.3 Å².